The minimum absolute atomic E-state index is 0.0546. The maximum atomic E-state index is 13.0. The molecule has 1 aliphatic rings. The molecule has 0 saturated carbocycles. The molecule has 1 atom stereocenters. The number of rotatable bonds is 6. The average molecular weight is 442 g/mol. The van der Waals surface area contributed by atoms with Crippen molar-refractivity contribution in [2.24, 2.45) is 0 Å². The van der Waals surface area contributed by atoms with Gasteiger partial charge < -0.3 is 9.64 Å². The minimum atomic E-state index is -0.474. The second-order valence-electron chi connectivity index (χ2n) is 7.01. The Morgan fingerprint density at radius 1 is 1.23 bits per heavy atom. The number of hydrogen-bond donors (Lipinski definition) is 0. The quantitative estimate of drug-likeness (QED) is 0.321. The molecule has 2 aromatic heterocycles. The van der Waals surface area contributed by atoms with E-state index in [-0.39, 0.29) is 17.6 Å². The summed E-state index contributed by atoms with van der Waals surface area (Å²) in [5.41, 5.74) is 2.18. The Hall–Kier alpha value is -2.45. The van der Waals surface area contributed by atoms with Gasteiger partial charge in [0, 0.05) is 17.5 Å². The Labute approximate surface area is 183 Å². The molecule has 0 bridgehead atoms. The van der Waals surface area contributed by atoms with Gasteiger partial charge in [-0.25, -0.2) is 14.8 Å². The number of fused-ring (bicyclic) bond motifs is 1. The number of aromatic nitrogens is 2. The third-order valence-corrected chi connectivity index (χ3v) is 7.00. The summed E-state index contributed by atoms with van der Waals surface area (Å²) in [6.07, 6.45) is 4.05. The van der Waals surface area contributed by atoms with Crippen molar-refractivity contribution in [1.82, 2.24) is 14.9 Å². The van der Waals surface area contributed by atoms with Crippen LogP contribution in [0, 0.1) is 0 Å². The van der Waals surface area contributed by atoms with E-state index in [2.05, 4.69) is 27.5 Å². The zero-order valence-corrected chi connectivity index (χ0v) is 18.4. The molecule has 0 radical (unpaired) electrons. The molecule has 0 unspecified atom stereocenters. The van der Waals surface area contributed by atoms with E-state index in [0.717, 1.165) is 39.2 Å². The molecule has 8 heteroatoms. The number of amides is 1. The van der Waals surface area contributed by atoms with Crippen LogP contribution in [0.15, 0.2) is 47.1 Å². The van der Waals surface area contributed by atoms with Crippen LogP contribution in [0.25, 0.3) is 21.3 Å². The van der Waals surface area contributed by atoms with Gasteiger partial charge in [-0.05, 0) is 31.7 Å². The molecule has 1 fully saturated rings. The van der Waals surface area contributed by atoms with Crippen LogP contribution in [0.1, 0.15) is 26.2 Å². The molecule has 4 rings (SSSR count). The van der Waals surface area contributed by atoms with Crippen LogP contribution >= 0.6 is 23.1 Å². The molecular weight excluding hydrogens is 418 g/mol. The average Bonchev–Trinajstić information content (AvgIpc) is 3.23. The number of carbonyl (C=O) groups excluding carboxylic acids is 2. The van der Waals surface area contributed by atoms with Crippen molar-refractivity contribution in [3.05, 3.63) is 42.0 Å². The molecule has 6 nitrogen and oxygen atoms in total. The summed E-state index contributed by atoms with van der Waals surface area (Å²) in [6.45, 7) is 2.70. The van der Waals surface area contributed by atoms with Crippen molar-refractivity contribution in [3.63, 3.8) is 0 Å². The standard InChI is InChI=1S/C22H23N3O3S2/c1-2-28-22(27)17-10-6-7-11-25(17)18(26)13-30-21-19-16(15-8-4-3-5-9-15)12-29-20(19)23-14-24-21/h3-5,8-9,12,14,17H,2,6-7,10-11,13H2,1H3/t17-/m1/s1. The molecule has 0 N–H and O–H groups in total. The lowest BCUT2D eigenvalue weighted by atomic mass is 10.0. The summed E-state index contributed by atoms with van der Waals surface area (Å²) in [4.78, 5) is 36.7. The first-order valence-corrected chi connectivity index (χ1v) is 11.9. The predicted molar refractivity (Wildman–Crippen MR) is 120 cm³/mol. The van der Waals surface area contributed by atoms with Crippen LogP contribution in [0.5, 0.6) is 0 Å². The second-order valence-corrected chi connectivity index (χ2v) is 8.84. The van der Waals surface area contributed by atoms with Crippen LogP contribution in [-0.2, 0) is 14.3 Å². The second kappa shape index (κ2) is 9.57. The van der Waals surface area contributed by atoms with Gasteiger partial charge in [0.15, 0.2) is 0 Å². The molecule has 0 spiro atoms. The molecule has 1 amide bonds. The van der Waals surface area contributed by atoms with Crippen molar-refractivity contribution in [2.45, 2.75) is 37.3 Å². The maximum absolute atomic E-state index is 13.0. The van der Waals surface area contributed by atoms with Gasteiger partial charge >= 0.3 is 5.97 Å². The molecule has 1 saturated heterocycles. The number of esters is 1. The monoisotopic (exact) mass is 441 g/mol. The SMILES string of the molecule is CCOC(=O)[C@H]1CCCCN1C(=O)CSc1ncnc2scc(-c3ccccc3)c12. The largest absolute Gasteiger partial charge is 0.464 e. The summed E-state index contributed by atoms with van der Waals surface area (Å²) < 4.78 is 5.18. The number of benzene rings is 1. The molecular formula is C22H23N3O3S2. The Bertz CT molecular complexity index is 1040. The first-order chi connectivity index (χ1) is 14.7. The molecule has 1 aromatic carbocycles. The highest BCUT2D eigenvalue weighted by Gasteiger charge is 2.33. The minimum Gasteiger partial charge on any atom is -0.464 e. The number of nitrogens with zero attached hydrogens (tertiary/aromatic N) is 3. The van der Waals surface area contributed by atoms with Crippen molar-refractivity contribution < 1.29 is 14.3 Å². The number of likely N-dealkylation sites (tertiary alicyclic amines) is 1. The fraction of sp³-hybridized carbons (Fsp3) is 0.364. The van der Waals surface area contributed by atoms with Crippen molar-refractivity contribution in [2.75, 3.05) is 18.9 Å². The number of carbonyl (C=O) groups is 2. The number of thioether (sulfide) groups is 1. The van der Waals surface area contributed by atoms with E-state index in [0.29, 0.717) is 19.6 Å². The number of thiophene rings is 1. The Balaban J connectivity index is 1.54. The van der Waals surface area contributed by atoms with Gasteiger partial charge in [-0.3, -0.25) is 4.79 Å². The summed E-state index contributed by atoms with van der Waals surface area (Å²) in [5, 5.41) is 3.85. The summed E-state index contributed by atoms with van der Waals surface area (Å²) in [7, 11) is 0. The number of ether oxygens (including phenoxy) is 1. The summed E-state index contributed by atoms with van der Waals surface area (Å²) in [5.74, 6) is -0.128. The van der Waals surface area contributed by atoms with Gasteiger partial charge in [-0.1, -0.05) is 42.1 Å². The van der Waals surface area contributed by atoms with Crippen molar-refractivity contribution >= 4 is 45.2 Å². The number of piperidine rings is 1. The summed E-state index contributed by atoms with van der Waals surface area (Å²) in [6, 6.07) is 9.65. The fourth-order valence-electron chi connectivity index (χ4n) is 3.71. The van der Waals surface area contributed by atoms with Gasteiger partial charge in [0.2, 0.25) is 5.91 Å². The molecule has 30 heavy (non-hydrogen) atoms. The molecule has 1 aliphatic heterocycles. The van der Waals surface area contributed by atoms with Gasteiger partial charge in [0.1, 0.15) is 22.2 Å². The maximum Gasteiger partial charge on any atom is 0.328 e. The first kappa shape index (κ1) is 20.8. The van der Waals surface area contributed by atoms with E-state index in [9.17, 15) is 9.59 Å². The van der Waals surface area contributed by atoms with Crippen LogP contribution in [0.2, 0.25) is 0 Å². The molecule has 0 aliphatic carbocycles. The normalized spacial score (nSPS) is 16.6. The van der Waals surface area contributed by atoms with Gasteiger partial charge in [-0.2, -0.15) is 0 Å². The smallest absolute Gasteiger partial charge is 0.328 e. The Morgan fingerprint density at radius 3 is 2.87 bits per heavy atom. The van der Waals surface area contributed by atoms with Crippen molar-refractivity contribution in [3.8, 4) is 11.1 Å². The van der Waals surface area contributed by atoms with Gasteiger partial charge in [0.05, 0.1) is 17.7 Å². The van der Waals surface area contributed by atoms with E-state index >= 15 is 0 Å². The van der Waals surface area contributed by atoms with E-state index in [1.807, 2.05) is 18.2 Å². The van der Waals surface area contributed by atoms with Crippen LogP contribution in [0.3, 0.4) is 0 Å². The van der Waals surface area contributed by atoms with Crippen LogP contribution < -0.4 is 0 Å². The zero-order valence-electron chi connectivity index (χ0n) is 16.7. The highest BCUT2D eigenvalue weighted by molar-refractivity contribution is 8.00. The summed E-state index contributed by atoms with van der Waals surface area (Å²) >= 11 is 2.98. The number of hydrogen-bond acceptors (Lipinski definition) is 7. The highest BCUT2D eigenvalue weighted by atomic mass is 32.2. The van der Waals surface area contributed by atoms with Gasteiger partial charge in [-0.15, -0.1) is 11.3 Å². The fourth-order valence-corrected chi connectivity index (χ4v) is 5.59. The van der Waals surface area contributed by atoms with E-state index < -0.39 is 6.04 Å². The lowest BCUT2D eigenvalue weighted by Crippen LogP contribution is -2.49. The van der Waals surface area contributed by atoms with Crippen LogP contribution in [-0.4, -0.2) is 51.7 Å². The van der Waals surface area contributed by atoms with Gasteiger partial charge in [0.25, 0.3) is 0 Å². The lowest BCUT2D eigenvalue weighted by molar-refractivity contribution is -0.155. The third-order valence-electron chi connectivity index (χ3n) is 5.13. The van der Waals surface area contributed by atoms with E-state index in [1.54, 1.807) is 29.5 Å². The molecule has 3 heterocycles. The van der Waals surface area contributed by atoms with Crippen molar-refractivity contribution in [1.29, 1.82) is 0 Å². The zero-order chi connectivity index (χ0) is 20.9. The van der Waals surface area contributed by atoms with E-state index in [4.69, 9.17) is 4.74 Å². The third kappa shape index (κ3) is 4.34. The Morgan fingerprint density at radius 2 is 2.07 bits per heavy atom. The Kier molecular flexibility index (Phi) is 6.64. The topological polar surface area (TPSA) is 72.4 Å². The van der Waals surface area contributed by atoms with Crippen LogP contribution in [0.4, 0.5) is 0 Å². The predicted octanol–water partition coefficient (Wildman–Crippen LogP) is 4.39. The molecule has 3 aromatic rings. The lowest BCUT2D eigenvalue weighted by Gasteiger charge is -2.34. The highest BCUT2D eigenvalue weighted by Crippen LogP contribution is 2.37. The molecule has 156 valence electrons. The first-order valence-electron chi connectivity index (χ1n) is 10.1. The van der Waals surface area contributed by atoms with E-state index in [1.165, 1.54) is 11.8 Å².